The Labute approximate surface area is 201 Å². The van der Waals surface area contributed by atoms with Gasteiger partial charge in [-0.2, -0.15) is 0 Å². The zero-order chi connectivity index (χ0) is 24.2. The SMILES string of the molecule is NCCCNC(=O)c1cc2c(NCCN)c3c(c(NCCN)c2s1)C(=O)c1ccccc1C3=O. The van der Waals surface area contributed by atoms with Gasteiger partial charge in [0, 0.05) is 49.2 Å². The van der Waals surface area contributed by atoms with Crippen LogP contribution in [-0.4, -0.2) is 56.7 Å². The molecule has 0 radical (unpaired) electrons. The molecule has 9 nitrogen and oxygen atoms in total. The van der Waals surface area contributed by atoms with Gasteiger partial charge >= 0.3 is 0 Å². The molecule has 1 aliphatic carbocycles. The number of carbonyl (C=O) groups is 3. The maximum absolute atomic E-state index is 13.7. The molecular weight excluding hydrogens is 452 g/mol. The van der Waals surface area contributed by atoms with Gasteiger partial charge in [0.25, 0.3) is 5.91 Å². The third kappa shape index (κ3) is 4.16. The second-order valence-electron chi connectivity index (χ2n) is 7.89. The van der Waals surface area contributed by atoms with Gasteiger partial charge in [0.2, 0.25) is 0 Å². The van der Waals surface area contributed by atoms with Crippen LogP contribution in [0.5, 0.6) is 0 Å². The molecule has 10 heteroatoms. The minimum atomic E-state index is -0.248. The third-order valence-electron chi connectivity index (χ3n) is 5.63. The molecule has 2 aromatic carbocycles. The first kappa shape index (κ1) is 23.8. The van der Waals surface area contributed by atoms with Gasteiger partial charge in [0.1, 0.15) is 0 Å². The molecule has 0 aliphatic heterocycles. The number of fused-ring (bicyclic) bond motifs is 3. The molecule has 0 saturated heterocycles. The van der Waals surface area contributed by atoms with Crippen LogP contribution < -0.4 is 33.2 Å². The maximum Gasteiger partial charge on any atom is 0.261 e. The van der Waals surface area contributed by atoms with Crippen LogP contribution in [0.1, 0.15) is 47.9 Å². The zero-order valence-electron chi connectivity index (χ0n) is 18.7. The summed E-state index contributed by atoms with van der Waals surface area (Å²) in [5.74, 6) is -0.726. The molecular formula is C24H28N6O3S. The molecule has 0 spiro atoms. The Morgan fingerprint density at radius 1 is 0.824 bits per heavy atom. The summed E-state index contributed by atoms with van der Waals surface area (Å²) in [5.41, 5.74) is 19.3. The fraction of sp³-hybridized carbons (Fsp3) is 0.292. The average molecular weight is 481 g/mol. The second-order valence-corrected chi connectivity index (χ2v) is 8.94. The van der Waals surface area contributed by atoms with E-state index in [0.717, 1.165) is 0 Å². The Bertz CT molecular complexity index is 1190. The number of carbonyl (C=O) groups excluding carboxylic acids is 3. The predicted molar refractivity (Wildman–Crippen MR) is 136 cm³/mol. The Kier molecular flexibility index (Phi) is 7.23. The van der Waals surface area contributed by atoms with Crippen molar-refractivity contribution >= 4 is 50.3 Å². The van der Waals surface area contributed by atoms with Gasteiger partial charge in [0.05, 0.1) is 32.1 Å². The average Bonchev–Trinajstić information content (AvgIpc) is 3.30. The van der Waals surface area contributed by atoms with E-state index in [4.69, 9.17) is 17.2 Å². The van der Waals surface area contributed by atoms with Crippen molar-refractivity contribution in [2.75, 3.05) is 49.9 Å². The molecule has 9 N–H and O–H groups in total. The molecule has 0 atom stereocenters. The van der Waals surface area contributed by atoms with Crippen LogP contribution in [0.2, 0.25) is 0 Å². The van der Waals surface area contributed by atoms with E-state index in [1.54, 1.807) is 30.3 Å². The van der Waals surface area contributed by atoms with Crippen molar-refractivity contribution in [1.29, 1.82) is 0 Å². The Morgan fingerprint density at radius 2 is 1.41 bits per heavy atom. The van der Waals surface area contributed by atoms with Gasteiger partial charge in [-0.05, 0) is 19.0 Å². The number of ketones is 2. The van der Waals surface area contributed by atoms with Crippen molar-refractivity contribution in [2.24, 2.45) is 17.2 Å². The number of amides is 1. The molecule has 3 aromatic rings. The van der Waals surface area contributed by atoms with E-state index in [9.17, 15) is 14.4 Å². The van der Waals surface area contributed by atoms with Crippen molar-refractivity contribution in [1.82, 2.24) is 5.32 Å². The van der Waals surface area contributed by atoms with Gasteiger partial charge in [-0.1, -0.05) is 24.3 Å². The standard InChI is InChI=1S/C24H28N6O3S/c25-6-3-9-30-24(33)16-12-15-19(28-10-7-26)17-18(20(23(15)34-16)29-11-8-27)22(32)14-5-2-1-4-13(14)21(17)31/h1-2,4-5,12,28-29H,3,6-11,25-27H2,(H,30,33). The highest BCUT2D eigenvalue weighted by Gasteiger charge is 2.36. The highest BCUT2D eigenvalue weighted by Crippen LogP contribution is 2.46. The molecule has 178 valence electrons. The van der Waals surface area contributed by atoms with Crippen molar-refractivity contribution in [2.45, 2.75) is 6.42 Å². The lowest BCUT2D eigenvalue weighted by atomic mass is 9.81. The van der Waals surface area contributed by atoms with Crippen molar-refractivity contribution < 1.29 is 14.4 Å². The summed E-state index contributed by atoms with van der Waals surface area (Å²) < 4.78 is 0.705. The minimum Gasteiger partial charge on any atom is -0.383 e. The maximum atomic E-state index is 13.7. The van der Waals surface area contributed by atoms with Gasteiger partial charge in [-0.25, -0.2) is 0 Å². The summed E-state index contributed by atoms with van der Waals surface area (Å²) in [4.78, 5) is 40.6. The summed E-state index contributed by atoms with van der Waals surface area (Å²) in [6.45, 7) is 2.40. The van der Waals surface area contributed by atoms with Crippen LogP contribution in [0, 0.1) is 0 Å². The molecule has 0 bridgehead atoms. The van der Waals surface area contributed by atoms with Gasteiger partial charge in [0.15, 0.2) is 11.6 Å². The normalized spacial score (nSPS) is 12.4. The number of nitrogens with one attached hydrogen (secondary N) is 3. The third-order valence-corrected chi connectivity index (χ3v) is 6.78. The highest BCUT2D eigenvalue weighted by molar-refractivity contribution is 7.21. The van der Waals surface area contributed by atoms with E-state index in [-0.39, 0.29) is 23.0 Å². The zero-order valence-corrected chi connectivity index (χ0v) is 19.5. The Morgan fingerprint density at radius 3 is 2.00 bits per heavy atom. The Hall–Kier alpha value is -3.31. The number of rotatable bonds is 10. The van der Waals surface area contributed by atoms with Gasteiger partial charge < -0.3 is 33.2 Å². The molecule has 34 heavy (non-hydrogen) atoms. The molecule has 0 saturated carbocycles. The number of anilines is 2. The summed E-state index contributed by atoms with van der Waals surface area (Å²) in [6, 6.07) is 8.55. The van der Waals surface area contributed by atoms with Crippen molar-refractivity contribution in [3.8, 4) is 0 Å². The molecule has 0 unspecified atom stereocenters. The van der Waals surface area contributed by atoms with E-state index >= 15 is 0 Å². The van der Waals surface area contributed by atoms with Gasteiger partial charge in [-0.3, -0.25) is 14.4 Å². The van der Waals surface area contributed by atoms with E-state index in [1.807, 2.05) is 0 Å². The van der Waals surface area contributed by atoms with Crippen LogP contribution >= 0.6 is 11.3 Å². The summed E-state index contributed by atoms with van der Waals surface area (Å²) in [7, 11) is 0. The number of nitrogens with two attached hydrogens (primary N) is 3. The van der Waals surface area contributed by atoms with Gasteiger partial charge in [-0.15, -0.1) is 11.3 Å². The van der Waals surface area contributed by atoms with Crippen LogP contribution in [0.25, 0.3) is 10.1 Å². The quantitative estimate of drug-likeness (QED) is 0.147. The minimum absolute atomic E-state index is 0.233. The molecule has 1 aromatic heterocycles. The topological polar surface area (TPSA) is 165 Å². The summed E-state index contributed by atoms with van der Waals surface area (Å²) in [6.07, 6.45) is 0.665. The Balaban J connectivity index is 1.98. The molecule has 4 rings (SSSR count). The largest absolute Gasteiger partial charge is 0.383 e. The number of benzene rings is 2. The second kappa shape index (κ2) is 10.3. The van der Waals surface area contributed by atoms with Crippen molar-refractivity contribution in [3.63, 3.8) is 0 Å². The van der Waals surface area contributed by atoms with Crippen molar-refractivity contribution in [3.05, 3.63) is 57.5 Å². The van der Waals surface area contributed by atoms with E-state index in [0.29, 0.717) is 88.7 Å². The van der Waals surface area contributed by atoms with Crippen LogP contribution in [0.15, 0.2) is 30.3 Å². The highest BCUT2D eigenvalue weighted by atomic mass is 32.1. The van der Waals surface area contributed by atoms with Crippen LogP contribution in [0.3, 0.4) is 0 Å². The first-order chi connectivity index (χ1) is 16.5. The van der Waals surface area contributed by atoms with E-state index < -0.39 is 0 Å². The first-order valence-corrected chi connectivity index (χ1v) is 12.0. The monoisotopic (exact) mass is 480 g/mol. The van der Waals surface area contributed by atoms with Crippen LogP contribution in [-0.2, 0) is 0 Å². The summed E-state index contributed by atoms with van der Waals surface area (Å²) in [5, 5.41) is 10.0. The van der Waals surface area contributed by atoms with Crippen LogP contribution in [0.4, 0.5) is 11.4 Å². The fourth-order valence-corrected chi connectivity index (χ4v) is 5.22. The lowest BCUT2D eigenvalue weighted by molar-refractivity contribution is 0.0956. The summed E-state index contributed by atoms with van der Waals surface area (Å²) >= 11 is 1.26. The van der Waals surface area contributed by atoms with E-state index in [1.165, 1.54) is 11.3 Å². The number of hydrogen-bond donors (Lipinski definition) is 6. The fourth-order valence-electron chi connectivity index (χ4n) is 4.11. The molecule has 1 amide bonds. The molecule has 1 heterocycles. The predicted octanol–water partition coefficient (Wildman–Crippen LogP) is 1.50. The molecule has 0 fully saturated rings. The lowest BCUT2D eigenvalue weighted by Crippen LogP contribution is -2.26. The molecule has 1 aliphatic rings. The van der Waals surface area contributed by atoms with E-state index in [2.05, 4.69) is 16.0 Å². The smallest absolute Gasteiger partial charge is 0.261 e. The first-order valence-electron chi connectivity index (χ1n) is 11.2. The lowest BCUT2D eigenvalue weighted by Gasteiger charge is -2.25. The number of hydrogen-bond acceptors (Lipinski definition) is 9. The number of thiophene rings is 1.